The minimum atomic E-state index is -0.0402. The zero-order chi connectivity index (χ0) is 15.2. The van der Waals surface area contributed by atoms with Gasteiger partial charge in [-0.05, 0) is 56.1 Å². The van der Waals surface area contributed by atoms with E-state index in [9.17, 15) is 9.59 Å². The maximum Gasteiger partial charge on any atom is 0.253 e. The summed E-state index contributed by atoms with van der Waals surface area (Å²) in [5.74, 6) is 0.617. The van der Waals surface area contributed by atoms with Gasteiger partial charge in [-0.15, -0.1) is 12.4 Å². The van der Waals surface area contributed by atoms with Gasteiger partial charge in [0.2, 0.25) is 5.91 Å². The first-order valence-electron chi connectivity index (χ1n) is 7.38. The lowest BCUT2D eigenvalue weighted by Crippen LogP contribution is -2.21. The Morgan fingerprint density at radius 3 is 2.50 bits per heavy atom. The van der Waals surface area contributed by atoms with Crippen LogP contribution in [0.4, 0.5) is 5.69 Å². The van der Waals surface area contributed by atoms with Crippen molar-refractivity contribution in [3.8, 4) is 0 Å². The SMILES string of the molecule is CN(C)C(=O)c1ccc(NC(=O)CCC2CCNC2)cc1.Cl. The van der Waals surface area contributed by atoms with E-state index in [0.717, 1.165) is 31.6 Å². The number of rotatable bonds is 5. The van der Waals surface area contributed by atoms with E-state index in [0.29, 0.717) is 17.9 Å². The van der Waals surface area contributed by atoms with E-state index in [1.54, 1.807) is 38.4 Å². The fourth-order valence-corrected chi connectivity index (χ4v) is 2.47. The Hall–Kier alpha value is -1.59. The van der Waals surface area contributed by atoms with E-state index in [1.165, 1.54) is 4.90 Å². The molecule has 2 amide bonds. The molecule has 6 heteroatoms. The first-order chi connectivity index (χ1) is 10.1. The number of carbonyl (C=O) groups is 2. The van der Waals surface area contributed by atoms with Gasteiger partial charge in [0.15, 0.2) is 0 Å². The van der Waals surface area contributed by atoms with Crippen LogP contribution in [0.3, 0.4) is 0 Å². The van der Waals surface area contributed by atoms with Crippen LogP contribution in [0, 0.1) is 5.92 Å². The van der Waals surface area contributed by atoms with Gasteiger partial charge in [-0.3, -0.25) is 9.59 Å². The highest BCUT2D eigenvalue weighted by Crippen LogP contribution is 2.16. The molecule has 5 nitrogen and oxygen atoms in total. The molecule has 0 aromatic heterocycles. The Morgan fingerprint density at radius 1 is 1.27 bits per heavy atom. The van der Waals surface area contributed by atoms with Crippen molar-refractivity contribution in [2.24, 2.45) is 5.92 Å². The van der Waals surface area contributed by atoms with Crippen LogP contribution in [0.5, 0.6) is 0 Å². The summed E-state index contributed by atoms with van der Waals surface area (Å²) in [5.41, 5.74) is 1.36. The van der Waals surface area contributed by atoms with Crippen LogP contribution in [-0.4, -0.2) is 43.9 Å². The largest absolute Gasteiger partial charge is 0.345 e. The minimum Gasteiger partial charge on any atom is -0.345 e. The standard InChI is InChI=1S/C16H23N3O2.ClH/c1-19(2)16(21)13-4-6-14(7-5-13)18-15(20)8-3-12-9-10-17-11-12;/h4-7,12,17H,3,8-11H2,1-2H3,(H,18,20);1H. The summed E-state index contributed by atoms with van der Waals surface area (Å²) in [4.78, 5) is 25.2. The van der Waals surface area contributed by atoms with Crippen LogP contribution in [0.15, 0.2) is 24.3 Å². The summed E-state index contributed by atoms with van der Waals surface area (Å²) in [6.07, 6.45) is 2.63. The van der Waals surface area contributed by atoms with Gasteiger partial charge in [0.25, 0.3) is 5.91 Å². The van der Waals surface area contributed by atoms with E-state index in [-0.39, 0.29) is 24.2 Å². The van der Waals surface area contributed by atoms with Crippen LogP contribution in [-0.2, 0) is 4.79 Å². The summed E-state index contributed by atoms with van der Waals surface area (Å²) in [7, 11) is 3.44. The molecule has 0 radical (unpaired) electrons. The molecule has 1 atom stereocenters. The van der Waals surface area contributed by atoms with Crippen molar-refractivity contribution in [3.05, 3.63) is 29.8 Å². The molecule has 1 aliphatic rings. The molecule has 0 bridgehead atoms. The van der Waals surface area contributed by atoms with Crippen molar-refractivity contribution in [1.29, 1.82) is 0 Å². The Bertz CT molecular complexity index is 497. The molecule has 1 unspecified atom stereocenters. The maximum absolute atomic E-state index is 11.9. The summed E-state index contributed by atoms with van der Waals surface area (Å²) in [5, 5.41) is 6.18. The number of benzene rings is 1. The fourth-order valence-electron chi connectivity index (χ4n) is 2.47. The Morgan fingerprint density at radius 2 is 1.95 bits per heavy atom. The summed E-state index contributed by atoms with van der Waals surface area (Å²) in [6, 6.07) is 7.01. The topological polar surface area (TPSA) is 61.4 Å². The first kappa shape index (κ1) is 18.5. The highest BCUT2D eigenvalue weighted by molar-refractivity contribution is 5.95. The summed E-state index contributed by atoms with van der Waals surface area (Å²) in [6.45, 7) is 2.09. The van der Waals surface area contributed by atoms with E-state index >= 15 is 0 Å². The van der Waals surface area contributed by atoms with Crippen LogP contribution in [0.2, 0.25) is 0 Å². The third kappa shape index (κ3) is 5.31. The maximum atomic E-state index is 11.9. The fraction of sp³-hybridized carbons (Fsp3) is 0.500. The molecule has 22 heavy (non-hydrogen) atoms. The normalized spacial score (nSPS) is 16.7. The zero-order valence-corrected chi connectivity index (χ0v) is 13.9. The van der Waals surface area contributed by atoms with Gasteiger partial charge in [0, 0.05) is 31.8 Å². The average Bonchev–Trinajstić information content (AvgIpc) is 2.98. The molecule has 1 aromatic carbocycles. The molecule has 0 aliphatic carbocycles. The van der Waals surface area contributed by atoms with Crippen LogP contribution >= 0.6 is 12.4 Å². The van der Waals surface area contributed by atoms with Crippen molar-refractivity contribution in [2.75, 3.05) is 32.5 Å². The van der Waals surface area contributed by atoms with Crippen molar-refractivity contribution >= 4 is 29.9 Å². The number of nitrogens with zero attached hydrogens (tertiary/aromatic N) is 1. The molecule has 122 valence electrons. The quantitative estimate of drug-likeness (QED) is 0.872. The Balaban J connectivity index is 0.00000242. The minimum absolute atomic E-state index is 0. The molecular weight excluding hydrogens is 302 g/mol. The van der Waals surface area contributed by atoms with Crippen LogP contribution in [0.25, 0.3) is 0 Å². The number of amides is 2. The highest BCUT2D eigenvalue weighted by atomic mass is 35.5. The number of anilines is 1. The molecule has 1 aromatic rings. The van der Waals surface area contributed by atoms with E-state index in [1.807, 2.05) is 0 Å². The molecule has 1 fully saturated rings. The smallest absolute Gasteiger partial charge is 0.253 e. The lowest BCUT2D eigenvalue weighted by atomic mass is 10.0. The lowest BCUT2D eigenvalue weighted by Gasteiger charge is -2.11. The third-order valence-electron chi connectivity index (χ3n) is 3.76. The van der Waals surface area contributed by atoms with Crippen molar-refractivity contribution in [2.45, 2.75) is 19.3 Å². The molecule has 1 aliphatic heterocycles. The molecule has 2 rings (SSSR count). The summed E-state index contributed by atoms with van der Waals surface area (Å²) >= 11 is 0. The zero-order valence-electron chi connectivity index (χ0n) is 13.1. The Labute approximate surface area is 137 Å². The van der Waals surface area contributed by atoms with Gasteiger partial charge in [-0.2, -0.15) is 0 Å². The van der Waals surface area contributed by atoms with Gasteiger partial charge >= 0.3 is 0 Å². The third-order valence-corrected chi connectivity index (χ3v) is 3.76. The molecule has 1 heterocycles. The van der Waals surface area contributed by atoms with Crippen LogP contribution in [0.1, 0.15) is 29.6 Å². The van der Waals surface area contributed by atoms with Gasteiger partial charge in [-0.25, -0.2) is 0 Å². The summed E-state index contributed by atoms with van der Waals surface area (Å²) < 4.78 is 0. The number of hydrogen-bond donors (Lipinski definition) is 2. The van der Waals surface area contributed by atoms with Gasteiger partial charge in [0.1, 0.15) is 0 Å². The van der Waals surface area contributed by atoms with Crippen molar-refractivity contribution in [1.82, 2.24) is 10.2 Å². The van der Waals surface area contributed by atoms with Crippen LogP contribution < -0.4 is 10.6 Å². The van der Waals surface area contributed by atoms with E-state index < -0.39 is 0 Å². The van der Waals surface area contributed by atoms with Gasteiger partial charge in [0.05, 0.1) is 0 Å². The predicted molar refractivity (Wildman–Crippen MR) is 90.5 cm³/mol. The number of hydrogen-bond acceptors (Lipinski definition) is 3. The van der Waals surface area contributed by atoms with Crippen molar-refractivity contribution < 1.29 is 9.59 Å². The Kier molecular flexibility index (Phi) is 7.35. The first-order valence-corrected chi connectivity index (χ1v) is 7.38. The van der Waals surface area contributed by atoms with Gasteiger partial charge < -0.3 is 15.5 Å². The highest BCUT2D eigenvalue weighted by Gasteiger charge is 2.15. The number of nitrogens with one attached hydrogen (secondary N) is 2. The molecule has 0 spiro atoms. The molecule has 0 saturated carbocycles. The average molecular weight is 326 g/mol. The second kappa shape index (κ2) is 8.76. The monoisotopic (exact) mass is 325 g/mol. The van der Waals surface area contributed by atoms with Crippen molar-refractivity contribution in [3.63, 3.8) is 0 Å². The van der Waals surface area contributed by atoms with E-state index in [2.05, 4.69) is 10.6 Å². The number of halogens is 1. The molecule has 1 saturated heterocycles. The molecular formula is C16H24ClN3O2. The predicted octanol–water partition coefficient (Wildman–Crippen LogP) is 2.14. The second-order valence-electron chi connectivity index (χ2n) is 5.72. The van der Waals surface area contributed by atoms with Gasteiger partial charge in [-0.1, -0.05) is 0 Å². The lowest BCUT2D eigenvalue weighted by molar-refractivity contribution is -0.116. The second-order valence-corrected chi connectivity index (χ2v) is 5.72. The number of carbonyl (C=O) groups excluding carboxylic acids is 2. The van der Waals surface area contributed by atoms with E-state index in [4.69, 9.17) is 0 Å². The molecule has 2 N–H and O–H groups in total.